The summed E-state index contributed by atoms with van der Waals surface area (Å²) in [5, 5.41) is 8.68. The Kier molecular flexibility index (Phi) is 10.1. The fourth-order valence-corrected chi connectivity index (χ4v) is 8.21. The molecule has 6 amide bonds. The number of nitrogens with zero attached hydrogens (tertiary/aromatic N) is 8. The van der Waals surface area contributed by atoms with Gasteiger partial charge in [-0.05, 0) is 68.1 Å². The Bertz CT molecular complexity index is 2560. The van der Waals surface area contributed by atoms with Crippen LogP contribution in [0.15, 0.2) is 73.3 Å². The molecule has 0 spiro atoms. The molecule has 1 unspecified atom stereocenters. The summed E-state index contributed by atoms with van der Waals surface area (Å²) in [6.07, 6.45) is 4.87. The smallest absolute Gasteiger partial charge is 0.270 e. The largest absolute Gasteiger partial charge is 0.483 e. The number of ether oxygens (including phenoxy) is 1. The number of benzene rings is 2. The number of aryl methyl sites for hydroxylation is 1. The summed E-state index contributed by atoms with van der Waals surface area (Å²) < 4.78 is 7.88. The molecule has 5 aromatic rings. The Labute approximate surface area is 343 Å². The molecule has 0 bridgehead atoms. The van der Waals surface area contributed by atoms with Crippen molar-refractivity contribution in [3.8, 4) is 5.75 Å². The zero-order chi connectivity index (χ0) is 41.5. The molecule has 2 aromatic carbocycles. The van der Waals surface area contributed by atoms with Crippen molar-refractivity contribution in [3.05, 3.63) is 101 Å². The fourth-order valence-electron chi connectivity index (χ4n) is 8.21. The number of hydrogen-bond acceptors (Lipinski definition) is 13. The third-order valence-electron chi connectivity index (χ3n) is 11.5. The van der Waals surface area contributed by atoms with Crippen LogP contribution in [0.5, 0.6) is 5.75 Å². The maximum absolute atomic E-state index is 13.4. The molecule has 2 saturated heterocycles. The van der Waals surface area contributed by atoms with Gasteiger partial charge in [0.1, 0.15) is 29.3 Å². The second-order valence-electron chi connectivity index (χ2n) is 15.3. The zero-order valence-electron chi connectivity index (χ0n) is 32.7. The molecule has 1 saturated carbocycles. The van der Waals surface area contributed by atoms with Gasteiger partial charge in [-0.2, -0.15) is 0 Å². The van der Waals surface area contributed by atoms with E-state index in [-0.39, 0.29) is 60.2 Å². The van der Waals surface area contributed by atoms with E-state index in [4.69, 9.17) is 4.74 Å². The molecule has 3 aromatic heterocycles. The lowest BCUT2D eigenvalue weighted by atomic mass is 9.86. The Morgan fingerprint density at radius 3 is 2.52 bits per heavy atom. The van der Waals surface area contributed by atoms with Gasteiger partial charge in [0.25, 0.3) is 23.6 Å². The number of rotatable bonds is 11. The third kappa shape index (κ3) is 7.35. The number of carbonyl (C=O) groups excluding carboxylic acids is 6. The fraction of sp³-hybridized carbons (Fsp3) is 0.333. The van der Waals surface area contributed by atoms with Crippen molar-refractivity contribution >= 4 is 58.1 Å². The maximum Gasteiger partial charge on any atom is 0.270 e. The van der Waals surface area contributed by atoms with Gasteiger partial charge < -0.3 is 29.7 Å². The Balaban J connectivity index is 0.764. The molecule has 306 valence electrons. The lowest BCUT2D eigenvalue weighted by molar-refractivity contribution is -0.136. The molecular formula is C42H41N11O7. The number of imide groups is 2. The molecule has 1 atom stereocenters. The van der Waals surface area contributed by atoms with Crippen molar-refractivity contribution in [2.45, 2.75) is 57.3 Å². The van der Waals surface area contributed by atoms with Gasteiger partial charge in [-0.1, -0.05) is 24.3 Å². The average molecular weight is 812 g/mol. The number of piperazine rings is 1. The van der Waals surface area contributed by atoms with E-state index in [9.17, 15) is 28.8 Å². The quantitative estimate of drug-likeness (QED) is 0.164. The summed E-state index contributed by atoms with van der Waals surface area (Å²) in [7, 11) is 0. The monoisotopic (exact) mass is 811 g/mol. The molecule has 18 heteroatoms. The highest BCUT2D eigenvalue weighted by Crippen LogP contribution is 2.36. The molecule has 1 aliphatic carbocycles. The number of amides is 6. The van der Waals surface area contributed by atoms with Crippen molar-refractivity contribution in [1.29, 1.82) is 0 Å². The number of nitrogens with one attached hydrogen (secondary N) is 3. The summed E-state index contributed by atoms with van der Waals surface area (Å²) in [6.45, 7) is 4.12. The predicted octanol–water partition coefficient (Wildman–Crippen LogP) is 2.40. The van der Waals surface area contributed by atoms with E-state index in [1.807, 2.05) is 41.8 Å². The second-order valence-corrected chi connectivity index (χ2v) is 15.3. The lowest BCUT2D eigenvalue weighted by Crippen LogP contribution is -2.54. The number of anilines is 2. The summed E-state index contributed by atoms with van der Waals surface area (Å²) in [5.74, 6) is -2.22. The van der Waals surface area contributed by atoms with Crippen LogP contribution in [0.2, 0.25) is 0 Å². The first-order valence-corrected chi connectivity index (χ1v) is 19.9. The van der Waals surface area contributed by atoms with Crippen LogP contribution < -0.4 is 25.6 Å². The van der Waals surface area contributed by atoms with Gasteiger partial charge in [0.2, 0.25) is 11.8 Å². The highest BCUT2D eigenvalue weighted by molar-refractivity contribution is 6.24. The molecule has 3 fully saturated rings. The summed E-state index contributed by atoms with van der Waals surface area (Å²) in [4.78, 5) is 99.4. The van der Waals surface area contributed by atoms with Crippen molar-refractivity contribution in [3.63, 3.8) is 0 Å². The first-order chi connectivity index (χ1) is 29.1. The molecule has 3 aliphatic heterocycles. The first-order valence-electron chi connectivity index (χ1n) is 19.9. The van der Waals surface area contributed by atoms with Crippen LogP contribution in [0.25, 0.3) is 11.2 Å². The van der Waals surface area contributed by atoms with E-state index in [2.05, 4.69) is 46.9 Å². The van der Waals surface area contributed by atoms with Crippen molar-refractivity contribution in [1.82, 2.24) is 44.9 Å². The average Bonchev–Trinajstić information content (AvgIpc) is 3.78. The minimum Gasteiger partial charge on any atom is -0.483 e. The summed E-state index contributed by atoms with van der Waals surface area (Å²) >= 11 is 0. The number of aromatic nitrogens is 5. The topological polar surface area (TPSA) is 214 Å². The van der Waals surface area contributed by atoms with E-state index >= 15 is 0 Å². The Morgan fingerprint density at radius 2 is 1.72 bits per heavy atom. The summed E-state index contributed by atoms with van der Waals surface area (Å²) in [5.41, 5.74) is 4.74. The van der Waals surface area contributed by atoms with Gasteiger partial charge in [-0.3, -0.25) is 39.0 Å². The van der Waals surface area contributed by atoms with E-state index in [1.165, 1.54) is 18.5 Å². The number of piperidine rings is 1. The van der Waals surface area contributed by atoms with Gasteiger partial charge in [-0.15, -0.1) is 0 Å². The molecule has 0 radical (unpaired) electrons. The normalized spacial score (nSPS) is 20.1. The number of pyridine rings is 1. The van der Waals surface area contributed by atoms with Gasteiger partial charge in [-0.25, -0.2) is 19.9 Å². The predicted molar refractivity (Wildman–Crippen MR) is 215 cm³/mol. The number of carbonyl (C=O) groups is 6. The van der Waals surface area contributed by atoms with Crippen molar-refractivity contribution < 1.29 is 33.5 Å². The van der Waals surface area contributed by atoms with Crippen LogP contribution in [-0.4, -0.2) is 115 Å². The molecular weight excluding hydrogens is 771 g/mol. The van der Waals surface area contributed by atoms with Crippen LogP contribution in [0, 0.1) is 6.92 Å². The Hall–Kier alpha value is -7.24. The molecule has 9 rings (SSSR count). The minimum atomic E-state index is -1.10. The van der Waals surface area contributed by atoms with Gasteiger partial charge in [0.15, 0.2) is 18.1 Å². The molecule has 3 N–H and O–H groups in total. The van der Waals surface area contributed by atoms with Crippen molar-refractivity contribution in [2.24, 2.45) is 0 Å². The lowest BCUT2D eigenvalue weighted by Gasteiger charge is -2.36. The SMILES string of the molecule is Cc1cccc(C(=O)NC2CC(n3cnc4c(NCc5cccc(N6CCN(C(=O)COc7cccc8c7C(=O)N(C7CCC(=O)NC7=O)C8=O)CC6)c5)ncnc43)C2)n1. The summed E-state index contributed by atoms with van der Waals surface area (Å²) in [6, 6.07) is 17.2. The molecule has 18 nitrogen and oxygen atoms in total. The van der Waals surface area contributed by atoms with Gasteiger partial charge in [0, 0.05) is 62.6 Å². The van der Waals surface area contributed by atoms with Gasteiger partial charge in [0.05, 0.1) is 17.5 Å². The highest BCUT2D eigenvalue weighted by atomic mass is 16.5. The molecule has 4 aliphatic rings. The van der Waals surface area contributed by atoms with Crippen LogP contribution in [0.1, 0.15) is 74.2 Å². The third-order valence-corrected chi connectivity index (χ3v) is 11.5. The van der Waals surface area contributed by atoms with Gasteiger partial charge >= 0.3 is 0 Å². The zero-order valence-corrected chi connectivity index (χ0v) is 32.7. The number of hydrogen-bond donors (Lipinski definition) is 3. The number of imidazole rings is 1. The Morgan fingerprint density at radius 1 is 0.917 bits per heavy atom. The number of fused-ring (bicyclic) bond motifs is 2. The van der Waals surface area contributed by atoms with Crippen LogP contribution in [-0.2, 0) is 20.9 Å². The van der Waals surface area contributed by atoms with E-state index < -0.39 is 29.7 Å². The van der Waals surface area contributed by atoms with E-state index in [1.54, 1.807) is 23.4 Å². The van der Waals surface area contributed by atoms with E-state index in [0.29, 0.717) is 49.8 Å². The van der Waals surface area contributed by atoms with Crippen molar-refractivity contribution in [2.75, 3.05) is 43.0 Å². The van der Waals surface area contributed by atoms with Crippen LogP contribution >= 0.6 is 0 Å². The minimum absolute atomic E-state index is 0.000744. The van der Waals surface area contributed by atoms with Crippen LogP contribution in [0.3, 0.4) is 0 Å². The second kappa shape index (κ2) is 15.8. The standard InChI is InChI=1S/C42H41N11O7/c1-24-5-2-9-30(47-24)39(56)48-26-18-28(19-26)52-23-46-36-37(44-22-45-38(36)52)43-20-25-6-3-7-27(17-25)50-13-15-51(16-14-50)34(55)21-60-32-10-4-8-29-35(32)42(59)53(41(29)58)31-11-12-33(54)49-40(31)57/h2-10,17,22-23,26,28,31H,11-16,18-21H2,1H3,(H,48,56)(H,43,44,45)(H,49,54,57). The van der Waals surface area contributed by atoms with Crippen LogP contribution in [0.4, 0.5) is 11.5 Å². The maximum atomic E-state index is 13.4. The highest BCUT2D eigenvalue weighted by Gasteiger charge is 2.46. The van der Waals surface area contributed by atoms with E-state index in [0.717, 1.165) is 40.3 Å². The first kappa shape index (κ1) is 38.3. The molecule has 6 heterocycles. The molecule has 60 heavy (non-hydrogen) atoms.